The molecule has 27 heavy (non-hydrogen) atoms. The average Bonchev–Trinajstić information content (AvgIpc) is 2.76. The maximum Gasteiger partial charge on any atom is 0.408 e. The zero-order valence-corrected chi connectivity index (χ0v) is 15.6. The topological polar surface area (TPSA) is 64.1 Å². The molecule has 2 aromatic rings. The van der Waals surface area contributed by atoms with Crippen LogP contribution < -0.4 is 5.32 Å². The lowest BCUT2D eigenvalue weighted by molar-refractivity contribution is 0.0493. The van der Waals surface area contributed by atoms with Crippen molar-refractivity contribution in [3.05, 3.63) is 59.2 Å². The van der Waals surface area contributed by atoms with Crippen molar-refractivity contribution in [2.45, 2.75) is 57.6 Å². The smallest absolute Gasteiger partial charge is 0.408 e. The molecule has 1 aliphatic carbocycles. The number of benzene rings is 1. The van der Waals surface area contributed by atoms with E-state index in [-0.39, 0.29) is 5.56 Å². The molecule has 0 aliphatic heterocycles. The van der Waals surface area contributed by atoms with Crippen LogP contribution in [0, 0.1) is 11.6 Å². The van der Waals surface area contributed by atoms with Crippen molar-refractivity contribution in [2.75, 3.05) is 0 Å². The third kappa shape index (κ3) is 4.40. The summed E-state index contributed by atoms with van der Waals surface area (Å²) in [7, 11) is 0. The lowest BCUT2D eigenvalue weighted by atomic mass is 9.86. The van der Waals surface area contributed by atoms with Crippen molar-refractivity contribution in [3.8, 4) is 0 Å². The molecule has 5 nitrogen and oxygen atoms in total. The van der Waals surface area contributed by atoms with Crippen molar-refractivity contribution in [2.24, 2.45) is 0 Å². The SMILES string of the molecule is CC(C)(C)OC(=O)N[C@@H]1c2nccnc2CCC[C@H]1c1cccc(F)c1F. The molecule has 144 valence electrons. The molecule has 0 saturated carbocycles. The van der Waals surface area contributed by atoms with E-state index in [1.54, 1.807) is 33.0 Å². The third-order valence-corrected chi connectivity index (χ3v) is 4.49. The standard InChI is InChI=1S/C20H23F2N3O2/c1-20(2,3)27-19(26)25-17-13(12-6-4-8-14(21)16(12)22)7-5-9-15-18(17)24-11-10-23-15/h4,6,8,10-11,13,17H,5,7,9H2,1-3H3,(H,25,26)/t13-,17-/m0/s1. The summed E-state index contributed by atoms with van der Waals surface area (Å²) in [6.07, 6.45) is 4.42. The molecule has 0 fully saturated rings. The number of rotatable bonds is 2. The van der Waals surface area contributed by atoms with E-state index in [0.29, 0.717) is 18.5 Å². The Kier molecular flexibility index (Phi) is 5.39. The summed E-state index contributed by atoms with van der Waals surface area (Å²) in [6, 6.07) is 3.44. The summed E-state index contributed by atoms with van der Waals surface area (Å²) in [4.78, 5) is 21.2. The Bertz CT molecular complexity index is 836. The number of alkyl carbamates (subject to hydrolysis) is 1. The second kappa shape index (κ2) is 7.58. The molecule has 1 N–H and O–H groups in total. The fraction of sp³-hybridized carbons (Fsp3) is 0.450. The third-order valence-electron chi connectivity index (χ3n) is 4.49. The highest BCUT2D eigenvalue weighted by Gasteiger charge is 2.35. The number of carbonyl (C=O) groups excluding carboxylic acids is 1. The fourth-order valence-electron chi connectivity index (χ4n) is 3.42. The summed E-state index contributed by atoms with van der Waals surface area (Å²) < 4.78 is 33.7. The molecule has 0 bridgehead atoms. The zero-order chi connectivity index (χ0) is 19.6. The quantitative estimate of drug-likeness (QED) is 0.788. The summed E-state index contributed by atoms with van der Waals surface area (Å²) in [5.74, 6) is -2.29. The first-order chi connectivity index (χ1) is 12.8. The lowest BCUT2D eigenvalue weighted by Crippen LogP contribution is -2.38. The molecule has 2 atom stereocenters. The van der Waals surface area contributed by atoms with E-state index in [4.69, 9.17) is 4.74 Å². The Balaban J connectivity index is 2.02. The van der Waals surface area contributed by atoms with E-state index in [1.165, 1.54) is 12.3 Å². The second-order valence-electron chi connectivity index (χ2n) is 7.65. The summed E-state index contributed by atoms with van der Waals surface area (Å²) in [5, 5.41) is 2.81. The fourth-order valence-corrected chi connectivity index (χ4v) is 3.42. The van der Waals surface area contributed by atoms with Gasteiger partial charge in [0.25, 0.3) is 0 Å². The molecular formula is C20H23F2N3O2. The minimum absolute atomic E-state index is 0.217. The van der Waals surface area contributed by atoms with Crippen molar-refractivity contribution >= 4 is 6.09 Å². The summed E-state index contributed by atoms with van der Waals surface area (Å²) in [5.41, 5.74) is 0.849. The molecule has 0 spiro atoms. The number of hydrogen-bond donors (Lipinski definition) is 1. The number of aromatic nitrogens is 2. The highest BCUT2D eigenvalue weighted by Crippen LogP contribution is 2.39. The highest BCUT2D eigenvalue weighted by atomic mass is 19.2. The van der Waals surface area contributed by atoms with Crippen molar-refractivity contribution in [3.63, 3.8) is 0 Å². The van der Waals surface area contributed by atoms with Crippen LogP contribution >= 0.6 is 0 Å². The monoisotopic (exact) mass is 375 g/mol. The number of ether oxygens (including phenoxy) is 1. The van der Waals surface area contributed by atoms with E-state index in [0.717, 1.165) is 18.2 Å². The van der Waals surface area contributed by atoms with Gasteiger partial charge in [-0.1, -0.05) is 12.1 Å². The van der Waals surface area contributed by atoms with E-state index in [2.05, 4.69) is 15.3 Å². The van der Waals surface area contributed by atoms with Crippen LogP contribution in [0.25, 0.3) is 0 Å². The molecule has 1 aromatic heterocycles. The first-order valence-corrected chi connectivity index (χ1v) is 8.99. The van der Waals surface area contributed by atoms with Gasteiger partial charge in [-0.05, 0) is 51.7 Å². The highest BCUT2D eigenvalue weighted by molar-refractivity contribution is 5.68. The lowest BCUT2D eigenvalue weighted by Gasteiger charge is -2.29. The average molecular weight is 375 g/mol. The molecule has 1 aromatic carbocycles. The number of nitrogens with zero attached hydrogens (tertiary/aromatic N) is 2. The number of nitrogens with one attached hydrogen (secondary N) is 1. The van der Waals surface area contributed by atoms with E-state index < -0.39 is 35.3 Å². The summed E-state index contributed by atoms with van der Waals surface area (Å²) >= 11 is 0. The number of carbonyl (C=O) groups is 1. The Hall–Kier alpha value is -2.57. The molecule has 7 heteroatoms. The van der Waals surface area contributed by atoms with Crippen LogP contribution in [-0.4, -0.2) is 21.7 Å². The van der Waals surface area contributed by atoms with Gasteiger partial charge in [0.2, 0.25) is 0 Å². The molecule has 0 radical (unpaired) electrons. The van der Waals surface area contributed by atoms with Gasteiger partial charge in [-0.15, -0.1) is 0 Å². The molecule has 0 saturated heterocycles. The second-order valence-corrected chi connectivity index (χ2v) is 7.65. The van der Waals surface area contributed by atoms with Gasteiger partial charge < -0.3 is 10.1 Å². The minimum Gasteiger partial charge on any atom is -0.444 e. The normalized spacial score (nSPS) is 19.7. The largest absolute Gasteiger partial charge is 0.444 e. The van der Waals surface area contributed by atoms with Gasteiger partial charge in [0.1, 0.15) is 5.60 Å². The number of fused-ring (bicyclic) bond motifs is 1. The van der Waals surface area contributed by atoms with Crippen LogP contribution in [0.3, 0.4) is 0 Å². The van der Waals surface area contributed by atoms with Crippen LogP contribution in [0.15, 0.2) is 30.6 Å². The zero-order valence-electron chi connectivity index (χ0n) is 15.6. The van der Waals surface area contributed by atoms with Crippen LogP contribution in [0.4, 0.5) is 13.6 Å². The predicted molar refractivity (Wildman–Crippen MR) is 96.2 cm³/mol. The Morgan fingerprint density at radius 2 is 1.96 bits per heavy atom. The van der Waals surface area contributed by atoms with Gasteiger partial charge >= 0.3 is 6.09 Å². The van der Waals surface area contributed by atoms with Gasteiger partial charge in [0.05, 0.1) is 17.4 Å². The molecule has 1 aliphatic rings. The Morgan fingerprint density at radius 1 is 1.22 bits per heavy atom. The Labute approximate surface area is 157 Å². The van der Waals surface area contributed by atoms with Crippen LogP contribution in [-0.2, 0) is 11.2 Å². The van der Waals surface area contributed by atoms with Gasteiger partial charge in [-0.2, -0.15) is 0 Å². The van der Waals surface area contributed by atoms with Crippen molar-refractivity contribution in [1.82, 2.24) is 15.3 Å². The number of amides is 1. The number of hydrogen-bond acceptors (Lipinski definition) is 4. The van der Waals surface area contributed by atoms with E-state index in [1.807, 2.05) is 0 Å². The number of halogens is 2. The summed E-state index contributed by atoms with van der Waals surface area (Å²) in [6.45, 7) is 5.28. The maximum absolute atomic E-state index is 14.5. The van der Waals surface area contributed by atoms with Gasteiger partial charge in [0, 0.05) is 18.3 Å². The Morgan fingerprint density at radius 3 is 2.70 bits per heavy atom. The molecule has 1 amide bonds. The molecular weight excluding hydrogens is 352 g/mol. The molecule has 1 heterocycles. The van der Waals surface area contributed by atoms with Gasteiger partial charge in [0.15, 0.2) is 11.6 Å². The maximum atomic E-state index is 14.5. The van der Waals surface area contributed by atoms with Crippen LogP contribution in [0.1, 0.15) is 62.5 Å². The van der Waals surface area contributed by atoms with Crippen LogP contribution in [0.5, 0.6) is 0 Å². The predicted octanol–water partition coefficient (Wildman–Crippen LogP) is 4.44. The number of aryl methyl sites for hydroxylation is 1. The van der Waals surface area contributed by atoms with E-state index in [9.17, 15) is 13.6 Å². The molecule has 3 rings (SSSR count). The van der Waals surface area contributed by atoms with E-state index >= 15 is 0 Å². The van der Waals surface area contributed by atoms with Crippen molar-refractivity contribution in [1.29, 1.82) is 0 Å². The van der Waals surface area contributed by atoms with Gasteiger partial charge in [-0.3, -0.25) is 9.97 Å². The molecule has 0 unspecified atom stereocenters. The first-order valence-electron chi connectivity index (χ1n) is 8.99. The first kappa shape index (κ1) is 19.2. The van der Waals surface area contributed by atoms with Crippen LogP contribution in [0.2, 0.25) is 0 Å². The minimum atomic E-state index is -0.910. The van der Waals surface area contributed by atoms with Gasteiger partial charge in [-0.25, -0.2) is 13.6 Å². The van der Waals surface area contributed by atoms with Crippen molar-refractivity contribution < 1.29 is 18.3 Å².